The summed E-state index contributed by atoms with van der Waals surface area (Å²) in [6.07, 6.45) is 0. The van der Waals surface area contributed by atoms with Gasteiger partial charge in [0.25, 0.3) is 5.91 Å². The molecule has 1 aliphatic heterocycles. The zero-order valence-electron chi connectivity index (χ0n) is 13.5. The lowest BCUT2D eigenvalue weighted by Crippen LogP contribution is -2.29. The molecule has 25 heavy (non-hydrogen) atoms. The van der Waals surface area contributed by atoms with Gasteiger partial charge in [0.05, 0.1) is 10.6 Å². The van der Waals surface area contributed by atoms with Gasteiger partial charge in [0, 0.05) is 17.1 Å². The maximum atomic E-state index is 12.7. The molecule has 0 saturated carbocycles. The fourth-order valence-electron chi connectivity index (χ4n) is 2.50. The van der Waals surface area contributed by atoms with Crippen molar-refractivity contribution in [2.75, 3.05) is 18.5 Å². The number of sulfonamides is 1. The van der Waals surface area contributed by atoms with Gasteiger partial charge in [0.2, 0.25) is 10.0 Å². The molecule has 0 spiro atoms. The van der Waals surface area contributed by atoms with Crippen molar-refractivity contribution in [1.82, 2.24) is 4.72 Å². The van der Waals surface area contributed by atoms with E-state index in [0.29, 0.717) is 15.9 Å². The van der Waals surface area contributed by atoms with Crippen molar-refractivity contribution in [3.8, 4) is 5.75 Å². The topological polar surface area (TPSA) is 84.5 Å². The van der Waals surface area contributed by atoms with Crippen LogP contribution >= 0.6 is 15.9 Å². The van der Waals surface area contributed by atoms with Crippen molar-refractivity contribution in [2.24, 2.45) is 0 Å². The standard InChI is InChI=1S/C17H17BrN2O4S/c1-11(12-5-3-2-4-6-12)9-19-25(22,23)16-8-15-14(7-13(16)18)20-17(21)10-24-15/h2-8,11,19H,9-10H2,1H3,(H,20,21)/t11-/m1/s1. The number of carbonyl (C=O) groups excluding carboxylic acids is 1. The first-order valence-corrected chi connectivity index (χ1v) is 9.95. The van der Waals surface area contributed by atoms with Gasteiger partial charge >= 0.3 is 0 Å². The fourth-order valence-corrected chi connectivity index (χ4v) is 4.68. The molecular weight excluding hydrogens is 408 g/mol. The van der Waals surface area contributed by atoms with Crippen LogP contribution in [0.5, 0.6) is 5.75 Å². The Labute approximate surface area is 154 Å². The van der Waals surface area contributed by atoms with Crippen molar-refractivity contribution in [3.63, 3.8) is 0 Å². The Kier molecular flexibility index (Phi) is 5.12. The van der Waals surface area contributed by atoms with Crippen LogP contribution in [0.25, 0.3) is 0 Å². The van der Waals surface area contributed by atoms with Crippen LogP contribution < -0.4 is 14.8 Å². The van der Waals surface area contributed by atoms with Crippen LogP contribution in [-0.4, -0.2) is 27.5 Å². The number of anilines is 1. The van der Waals surface area contributed by atoms with Crippen LogP contribution in [0.2, 0.25) is 0 Å². The molecule has 0 bridgehead atoms. The Morgan fingerprint density at radius 3 is 2.72 bits per heavy atom. The van der Waals surface area contributed by atoms with Crippen molar-refractivity contribution < 1.29 is 17.9 Å². The summed E-state index contributed by atoms with van der Waals surface area (Å²) in [4.78, 5) is 11.4. The second-order valence-electron chi connectivity index (χ2n) is 5.78. The molecular formula is C17H17BrN2O4S. The van der Waals surface area contributed by atoms with Gasteiger partial charge in [-0.25, -0.2) is 13.1 Å². The van der Waals surface area contributed by atoms with E-state index < -0.39 is 10.0 Å². The summed E-state index contributed by atoms with van der Waals surface area (Å²) in [6.45, 7) is 2.10. The second-order valence-corrected chi connectivity index (χ2v) is 8.37. The third-order valence-electron chi connectivity index (χ3n) is 3.90. The molecule has 132 valence electrons. The molecule has 0 fully saturated rings. The van der Waals surface area contributed by atoms with Crippen molar-refractivity contribution in [1.29, 1.82) is 0 Å². The van der Waals surface area contributed by atoms with Crippen LogP contribution in [0.4, 0.5) is 5.69 Å². The second kappa shape index (κ2) is 7.15. The smallest absolute Gasteiger partial charge is 0.262 e. The van der Waals surface area contributed by atoms with E-state index in [1.54, 1.807) is 0 Å². The van der Waals surface area contributed by atoms with E-state index in [1.807, 2.05) is 37.3 Å². The molecule has 2 aromatic rings. The van der Waals surface area contributed by atoms with Gasteiger partial charge in [0.15, 0.2) is 6.61 Å². The predicted octanol–water partition coefficient (Wildman–Crippen LogP) is 2.86. The highest BCUT2D eigenvalue weighted by atomic mass is 79.9. The molecule has 2 N–H and O–H groups in total. The number of rotatable bonds is 5. The van der Waals surface area contributed by atoms with Crippen molar-refractivity contribution in [2.45, 2.75) is 17.7 Å². The van der Waals surface area contributed by atoms with Crippen LogP contribution in [0.1, 0.15) is 18.4 Å². The summed E-state index contributed by atoms with van der Waals surface area (Å²) < 4.78 is 33.6. The number of fused-ring (bicyclic) bond motifs is 1. The quantitative estimate of drug-likeness (QED) is 0.772. The van der Waals surface area contributed by atoms with Gasteiger partial charge in [-0.15, -0.1) is 0 Å². The van der Waals surface area contributed by atoms with Gasteiger partial charge < -0.3 is 10.1 Å². The third kappa shape index (κ3) is 4.02. The SMILES string of the molecule is C[C@H](CNS(=O)(=O)c1cc2c(cc1Br)NC(=O)CO2)c1ccccc1. The van der Waals surface area contributed by atoms with E-state index in [2.05, 4.69) is 26.0 Å². The summed E-state index contributed by atoms with van der Waals surface area (Å²) in [7, 11) is -3.73. The monoisotopic (exact) mass is 424 g/mol. The van der Waals surface area contributed by atoms with E-state index >= 15 is 0 Å². The molecule has 8 heteroatoms. The number of ether oxygens (including phenoxy) is 1. The number of nitrogens with one attached hydrogen (secondary N) is 2. The molecule has 2 aromatic carbocycles. The minimum absolute atomic E-state index is 0.0305. The maximum absolute atomic E-state index is 12.7. The number of halogens is 1. The van der Waals surface area contributed by atoms with Gasteiger partial charge in [0.1, 0.15) is 5.75 Å². The Morgan fingerprint density at radius 2 is 2.00 bits per heavy atom. The van der Waals surface area contributed by atoms with Crippen LogP contribution in [-0.2, 0) is 14.8 Å². The van der Waals surface area contributed by atoms with E-state index in [-0.39, 0.29) is 29.9 Å². The molecule has 3 rings (SSSR count). The number of benzene rings is 2. The third-order valence-corrected chi connectivity index (χ3v) is 6.29. The Bertz CT molecular complexity index is 900. The van der Waals surface area contributed by atoms with Crippen LogP contribution in [0.3, 0.4) is 0 Å². The first-order valence-electron chi connectivity index (χ1n) is 7.67. The lowest BCUT2D eigenvalue weighted by atomic mass is 10.0. The summed E-state index contributed by atoms with van der Waals surface area (Å²) in [5, 5.41) is 2.64. The van der Waals surface area contributed by atoms with E-state index in [4.69, 9.17) is 4.74 Å². The minimum Gasteiger partial charge on any atom is -0.482 e. The molecule has 1 aliphatic rings. The first kappa shape index (κ1) is 17.9. The maximum Gasteiger partial charge on any atom is 0.262 e. The van der Waals surface area contributed by atoms with Gasteiger partial charge in [-0.1, -0.05) is 37.3 Å². The summed E-state index contributed by atoms with van der Waals surface area (Å²) in [5.74, 6) is 0.0898. The Morgan fingerprint density at radius 1 is 1.28 bits per heavy atom. The molecule has 0 radical (unpaired) electrons. The molecule has 1 atom stereocenters. The van der Waals surface area contributed by atoms with E-state index in [0.717, 1.165) is 5.56 Å². The molecule has 0 unspecified atom stereocenters. The van der Waals surface area contributed by atoms with E-state index in [1.165, 1.54) is 12.1 Å². The largest absolute Gasteiger partial charge is 0.482 e. The minimum atomic E-state index is -3.73. The highest BCUT2D eigenvalue weighted by Gasteiger charge is 2.24. The summed E-state index contributed by atoms with van der Waals surface area (Å²) in [6, 6.07) is 12.6. The summed E-state index contributed by atoms with van der Waals surface area (Å²) in [5.41, 5.74) is 1.50. The Hall–Kier alpha value is -1.90. The highest BCUT2D eigenvalue weighted by molar-refractivity contribution is 9.10. The lowest BCUT2D eigenvalue weighted by molar-refractivity contribution is -0.118. The number of hydrogen-bond donors (Lipinski definition) is 2. The number of carbonyl (C=O) groups is 1. The van der Waals surface area contributed by atoms with Gasteiger partial charge in [-0.05, 0) is 33.5 Å². The first-order chi connectivity index (χ1) is 11.9. The van der Waals surface area contributed by atoms with Gasteiger partial charge in [-0.2, -0.15) is 0 Å². The number of hydrogen-bond acceptors (Lipinski definition) is 4. The molecule has 0 aliphatic carbocycles. The molecule has 6 nitrogen and oxygen atoms in total. The average Bonchev–Trinajstić information content (AvgIpc) is 2.59. The number of amides is 1. The highest BCUT2D eigenvalue weighted by Crippen LogP contribution is 2.35. The molecule has 1 amide bonds. The van der Waals surface area contributed by atoms with Crippen molar-refractivity contribution >= 4 is 37.5 Å². The average molecular weight is 425 g/mol. The van der Waals surface area contributed by atoms with Crippen LogP contribution in [0, 0.1) is 0 Å². The zero-order chi connectivity index (χ0) is 18.0. The zero-order valence-corrected chi connectivity index (χ0v) is 15.9. The van der Waals surface area contributed by atoms with Crippen molar-refractivity contribution in [3.05, 3.63) is 52.5 Å². The molecule has 0 aromatic heterocycles. The molecule has 1 heterocycles. The van der Waals surface area contributed by atoms with Crippen LogP contribution in [0.15, 0.2) is 51.8 Å². The fraction of sp³-hybridized carbons (Fsp3) is 0.235. The predicted molar refractivity (Wildman–Crippen MR) is 98.3 cm³/mol. The molecule has 0 saturated heterocycles. The Balaban J connectivity index is 1.79. The lowest BCUT2D eigenvalue weighted by Gasteiger charge is -2.20. The summed E-state index contributed by atoms with van der Waals surface area (Å²) >= 11 is 3.26. The normalized spacial score (nSPS) is 15.0. The van der Waals surface area contributed by atoms with E-state index in [9.17, 15) is 13.2 Å². The van der Waals surface area contributed by atoms with Gasteiger partial charge in [-0.3, -0.25) is 4.79 Å².